The van der Waals surface area contributed by atoms with Gasteiger partial charge in [-0.3, -0.25) is 4.79 Å². The molecule has 5 heteroatoms. The second-order valence-corrected chi connectivity index (χ2v) is 4.80. The van der Waals surface area contributed by atoms with Crippen molar-refractivity contribution in [3.05, 3.63) is 53.6 Å². The van der Waals surface area contributed by atoms with E-state index < -0.39 is 11.7 Å². The summed E-state index contributed by atoms with van der Waals surface area (Å²) in [5, 5.41) is 0. The molecule has 0 spiro atoms. The Balaban J connectivity index is 2.39. The van der Waals surface area contributed by atoms with E-state index in [0.29, 0.717) is 35.3 Å². The molecule has 0 saturated carbocycles. The first-order valence-electron chi connectivity index (χ1n) is 6.85. The molecular weight excluding hydrogens is 293 g/mol. The normalized spacial score (nSPS) is 11.3. The third kappa shape index (κ3) is 3.67. The minimum Gasteiger partial charge on any atom is -0.493 e. The number of hydrogen-bond donors (Lipinski definition) is 0. The van der Waals surface area contributed by atoms with Gasteiger partial charge in [0.05, 0.1) is 17.7 Å². The van der Waals surface area contributed by atoms with Crippen molar-refractivity contribution in [3.63, 3.8) is 0 Å². The summed E-state index contributed by atoms with van der Waals surface area (Å²) in [7, 11) is 0. The van der Waals surface area contributed by atoms with Crippen LogP contribution in [0.2, 0.25) is 0 Å². The van der Waals surface area contributed by atoms with E-state index >= 15 is 0 Å². The maximum atomic E-state index is 12.8. The molecule has 0 unspecified atom stereocenters. The van der Waals surface area contributed by atoms with Crippen LogP contribution in [0.15, 0.2) is 42.5 Å². The Kier molecular flexibility index (Phi) is 4.85. The van der Waals surface area contributed by atoms with Gasteiger partial charge in [-0.05, 0) is 41.8 Å². The van der Waals surface area contributed by atoms with Crippen molar-refractivity contribution < 1.29 is 22.7 Å². The highest BCUT2D eigenvalue weighted by molar-refractivity contribution is 5.83. The van der Waals surface area contributed by atoms with Gasteiger partial charge in [0, 0.05) is 0 Å². The van der Waals surface area contributed by atoms with Crippen molar-refractivity contribution in [1.82, 2.24) is 0 Å². The molecule has 0 radical (unpaired) electrons. The van der Waals surface area contributed by atoms with E-state index in [1.807, 2.05) is 6.92 Å². The second-order valence-electron chi connectivity index (χ2n) is 4.80. The molecule has 0 N–H and O–H groups in total. The van der Waals surface area contributed by atoms with E-state index in [9.17, 15) is 18.0 Å². The number of halogens is 3. The molecule has 0 amide bonds. The minimum atomic E-state index is -4.40. The van der Waals surface area contributed by atoms with Gasteiger partial charge in [0.1, 0.15) is 5.75 Å². The van der Waals surface area contributed by atoms with E-state index in [4.69, 9.17) is 4.74 Å². The van der Waals surface area contributed by atoms with Crippen LogP contribution >= 0.6 is 0 Å². The van der Waals surface area contributed by atoms with E-state index in [-0.39, 0.29) is 0 Å². The lowest BCUT2D eigenvalue weighted by Crippen LogP contribution is -2.04. The SMILES string of the molecule is CCCOc1ccc(-c2cccc(C(F)(F)F)c2)cc1C=O. The molecular formula is C17H15F3O2. The zero-order chi connectivity index (χ0) is 16.2. The van der Waals surface area contributed by atoms with Crippen LogP contribution in [0, 0.1) is 0 Å². The number of alkyl halides is 3. The first-order chi connectivity index (χ1) is 10.5. The van der Waals surface area contributed by atoms with Crippen molar-refractivity contribution in [2.24, 2.45) is 0 Å². The summed E-state index contributed by atoms with van der Waals surface area (Å²) < 4.78 is 43.7. The summed E-state index contributed by atoms with van der Waals surface area (Å²) in [6.07, 6.45) is -2.95. The lowest BCUT2D eigenvalue weighted by atomic mass is 10.0. The van der Waals surface area contributed by atoms with Crippen LogP contribution in [-0.4, -0.2) is 12.9 Å². The van der Waals surface area contributed by atoms with Crippen molar-refractivity contribution in [3.8, 4) is 16.9 Å². The zero-order valence-corrected chi connectivity index (χ0v) is 12.0. The number of carbonyl (C=O) groups is 1. The first kappa shape index (κ1) is 16.1. The maximum absolute atomic E-state index is 12.8. The number of carbonyl (C=O) groups excluding carboxylic acids is 1. The van der Waals surface area contributed by atoms with Gasteiger partial charge < -0.3 is 4.74 Å². The molecule has 0 aliphatic rings. The molecule has 0 aromatic heterocycles. The monoisotopic (exact) mass is 308 g/mol. The Hall–Kier alpha value is -2.30. The average Bonchev–Trinajstić information content (AvgIpc) is 2.52. The largest absolute Gasteiger partial charge is 0.493 e. The summed E-state index contributed by atoms with van der Waals surface area (Å²) in [6.45, 7) is 2.42. The summed E-state index contributed by atoms with van der Waals surface area (Å²) in [5.74, 6) is 0.438. The van der Waals surface area contributed by atoms with Crippen LogP contribution in [0.1, 0.15) is 29.3 Å². The Morgan fingerprint density at radius 2 is 1.82 bits per heavy atom. The third-order valence-electron chi connectivity index (χ3n) is 3.12. The smallest absolute Gasteiger partial charge is 0.416 e. The zero-order valence-electron chi connectivity index (χ0n) is 12.0. The molecule has 0 aliphatic heterocycles. The fourth-order valence-electron chi connectivity index (χ4n) is 2.04. The molecule has 2 aromatic carbocycles. The second kappa shape index (κ2) is 6.64. The summed E-state index contributed by atoms with van der Waals surface area (Å²) in [6, 6.07) is 9.79. The van der Waals surface area contributed by atoms with Crippen LogP contribution in [-0.2, 0) is 6.18 Å². The number of aldehydes is 1. The lowest BCUT2D eigenvalue weighted by molar-refractivity contribution is -0.137. The van der Waals surface area contributed by atoms with Gasteiger partial charge in [-0.1, -0.05) is 25.1 Å². The quantitative estimate of drug-likeness (QED) is 0.729. The molecule has 2 rings (SSSR count). The highest BCUT2D eigenvalue weighted by Crippen LogP contribution is 2.33. The standard InChI is InChI=1S/C17H15F3O2/c1-2-8-22-16-7-6-13(9-14(16)11-21)12-4-3-5-15(10-12)17(18,19)20/h3-7,9-11H,2,8H2,1H3. The van der Waals surface area contributed by atoms with E-state index in [0.717, 1.165) is 18.6 Å². The number of hydrogen-bond acceptors (Lipinski definition) is 2. The van der Waals surface area contributed by atoms with Crippen molar-refractivity contribution in [1.29, 1.82) is 0 Å². The molecule has 22 heavy (non-hydrogen) atoms. The third-order valence-corrected chi connectivity index (χ3v) is 3.12. The Labute approximate surface area is 126 Å². The lowest BCUT2D eigenvalue weighted by Gasteiger charge is -2.11. The predicted molar refractivity (Wildman–Crippen MR) is 78.1 cm³/mol. The molecule has 0 fully saturated rings. The molecule has 116 valence electrons. The van der Waals surface area contributed by atoms with Crippen LogP contribution in [0.25, 0.3) is 11.1 Å². The Morgan fingerprint density at radius 1 is 1.09 bits per heavy atom. The van der Waals surface area contributed by atoms with E-state index in [2.05, 4.69) is 0 Å². The van der Waals surface area contributed by atoms with Gasteiger partial charge in [-0.2, -0.15) is 13.2 Å². The summed E-state index contributed by atoms with van der Waals surface area (Å²) in [4.78, 5) is 11.1. The number of ether oxygens (including phenoxy) is 1. The number of rotatable bonds is 5. The molecule has 0 aliphatic carbocycles. The summed E-state index contributed by atoms with van der Waals surface area (Å²) >= 11 is 0. The van der Waals surface area contributed by atoms with Crippen LogP contribution in [0.3, 0.4) is 0 Å². The Bertz CT molecular complexity index is 663. The van der Waals surface area contributed by atoms with Gasteiger partial charge in [-0.25, -0.2) is 0 Å². The maximum Gasteiger partial charge on any atom is 0.416 e. The van der Waals surface area contributed by atoms with Gasteiger partial charge in [-0.15, -0.1) is 0 Å². The van der Waals surface area contributed by atoms with Crippen LogP contribution in [0.4, 0.5) is 13.2 Å². The molecule has 2 nitrogen and oxygen atoms in total. The minimum absolute atomic E-state index is 0.323. The molecule has 0 saturated heterocycles. The molecule has 0 heterocycles. The predicted octanol–water partition coefficient (Wildman–Crippen LogP) is 4.97. The summed E-state index contributed by atoms with van der Waals surface area (Å²) in [5.41, 5.74) is 0.546. The Morgan fingerprint density at radius 3 is 2.45 bits per heavy atom. The van der Waals surface area contributed by atoms with Gasteiger partial charge >= 0.3 is 6.18 Å². The van der Waals surface area contributed by atoms with Crippen LogP contribution < -0.4 is 4.74 Å². The molecule has 2 aromatic rings. The topological polar surface area (TPSA) is 26.3 Å². The van der Waals surface area contributed by atoms with Gasteiger partial charge in [0.15, 0.2) is 6.29 Å². The van der Waals surface area contributed by atoms with Crippen molar-refractivity contribution in [2.75, 3.05) is 6.61 Å². The van der Waals surface area contributed by atoms with Gasteiger partial charge in [0.2, 0.25) is 0 Å². The van der Waals surface area contributed by atoms with Gasteiger partial charge in [0.25, 0.3) is 0 Å². The van der Waals surface area contributed by atoms with Crippen molar-refractivity contribution >= 4 is 6.29 Å². The highest BCUT2D eigenvalue weighted by atomic mass is 19.4. The fraction of sp³-hybridized carbons (Fsp3) is 0.235. The molecule has 0 bridgehead atoms. The van der Waals surface area contributed by atoms with E-state index in [1.165, 1.54) is 12.1 Å². The highest BCUT2D eigenvalue weighted by Gasteiger charge is 2.30. The fourth-order valence-corrected chi connectivity index (χ4v) is 2.04. The number of benzene rings is 2. The van der Waals surface area contributed by atoms with E-state index in [1.54, 1.807) is 18.2 Å². The van der Waals surface area contributed by atoms with Crippen LogP contribution in [0.5, 0.6) is 5.75 Å². The first-order valence-corrected chi connectivity index (χ1v) is 6.85. The average molecular weight is 308 g/mol. The molecule has 0 atom stereocenters. The van der Waals surface area contributed by atoms with Crippen molar-refractivity contribution in [2.45, 2.75) is 19.5 Å².